The van der Waals surface area contributed by atoms with Crippen LogP contribution in [0.3, 0.4) is 0 Å². The number of rotatable bonds is 2. The maximum Gasteiger partial charge on any atom is 0.410 e. The van der Waals surface area contributed by atoms with E-state index in [4.69, 9.17) is 4.74 Å². The molecule has 1 fully saturated rings. The lowest BCUT2D eigenvalue weighted by Gasteiger charge is -2.39. The standard InChI is InChI=1S/C16H20BrN3O2/c1-16(2,3)22-15(21)20-7-11(8-20)6-13-10-19-9-12(17)4-5-14(19)18-13/h4-5,9-11H,6-8H2,1-3H3. The Morgan fingerprint density at radius 3 is 2.77 bits per heavy atom. The number of amides is 1. The van der Waals surface area contributed by atoms with Crippen molar-refractivity contribution in [3.8, 4) is 0 Å². The van der Waals surface area contributed by atoms with E-state index in [-0.39, 0.29) is 6.09 Å². The molecule has 5 nitrogen and oxygen atoms in total. The monoisotopic (exact) mass is 365 g/mol. The predicted molar refractivity (Wildman–Crippen MR) is 87.9 cm³/mol. The van der Waals surface area contributed by atoms with Gasteiger partial charge < -0.3 is 14.0 Å². The van der Waals surface area contributed by atoms with Gasteiger partial charge in [-0.1, -0.05) is 0 Å². The average Bonchev–Trinajstić information content (AvgIpc) is 2.72. The second-order valence-corrected chi connectivity index (χ2v) is 7.72. The molecular formula is C16H20BrN3O2. The molecule has 3 heterocycles. The van der Waals surface area contributed by atoms with E-state index in [0.717, 1.165) is 35.3 Å². The molecule has 2 aromatic heterocycles. The number of ether oxygens (including phenoxy) is 1. The van der Waals surface area contributed by atoms with Crippen molar-refractivity contribution >= 4 is 27.7 Å². The van der Waals surface area contributed by atoms with Crippen molar-refractivity contribution in [3.63, 3.8) is 0 Å². The van der Waals surface area contributed by atoms with Gasteiger partial charge in [0.05, 0.1) is 5.69 Å². The second kappa shape index (κ2) is 5.57. The Bertz CT molecular complexity index is 699. The van der Waals surface area contributed by atoms with Crippen molar-refractivity contribution in [1.29, 1.82) is 0 Å². The maximum absolute atomic E-state index is 11.9. The quantitative estimate of drug-likeness (QED) is 0.817. The minimum atomic E-state index is -0.433. The van der Waals surface area contributed by atoms with Gasteiger partial charge in [-0.25, -0.2) is 9.78 Å². The maximum atomic E-state index is 11.9. The molecule has 0 aliphatic carbocycles. The van der Waals surface area contributed by atoms with E-state index in [1.807, 2.05) is 43.5 Å². The number of hydrogen-bond acceptors (Lipinski definition) is 3. The van der Waals surface area contributed by atoms with E-state index < -0.39 is 5.60 Å². The van der Waals surface area contributed by atoms with Gasteiger partial charge in [0.25, 0.3) is 0 Å². The molecule has 1 aliphatic rings. The van der Waals surface area contributed by atoms with Crippen LogP contribution in [0.4, 0.5) is 4.79 Å². The fraction of sp³-hybridized carbons (Fsp3) is 0.500. The summed E-state index contributed by atoms with van der Waals surface area (Å²) < 4.78 is 8.41. The third-order valence-corrected chi connectivity index (χ3v) is 4.04. The van der Waals surface area contributed by atoms with E-state index in [2.05, 4.69) is 27.1 Å². The molecule has 0 bridgehead atoms. The summed E-state index contributed by atoms with van der Waals surface area (Å²) >= 11 is 3.46. The molecule has 0 spiro atoms. The lowest BCUT2D eigenvalue weighted by Crippen LogP contribution is -2.52. The predicted octanol–water partition coefficient (Wildman–Crippen LogP) is 3.51. The van der Waals surface area contributed by atoms with E-state index in [1.165, 1.54) is 0 Å². The van der Waals surface area contributed by atoms with Crippen LogP contribution in [0.2, 0.25) is 0 Å². The summed E-state index contributed by atoms with van der Waals surface area (Å²) in [4.78, 5) is 18.3. The van der Waals surface area contributed by atoms with Crippen molar-refractivity contribution in [2.24, 2.45) is 5.92 Å². The zero-order valence-electron chi connectivity index (χ0n) is 13.0. The van der Waals surface area contributed by atoms with Crippen LogP contribution in [-0.4, -0.2) is 39.1 Å². The van der Waals surface area contributed by atoms with Gasteiger partial charge in [-0.15, -0.1) is 0 Å². The van der Waals surface area contributed by atoms with Crippen LogP contribution in [0.1, 0.15) is 26.5 Å². The van der Waals surface area contributed by atoms with E-state index in [1.54, 1.807) is 4.90 Å². The van der Waals surface area contributed by atoms with Gasteiger partial charge in [0.2, 0.25) is 0 Å². The minimum Gasteiger partial charge on any atom is -0.444 e. The number of likely N-dealkylation sites (tertiary alicyclic amines) is 1. The first-order valence-electron chi connectivity index (χ1n) is 7.41. The topological polar surface area (TPSA) is 46.8 Å². The molecule has 2 aromatic rings. The summed E-state index contributed by atoms with van der Waals surface area (Å²) in [5, 5.41) is 0. The zero-order valence-corrected chi connectivity index (χ0v) is 14.6. The van der Waals surface area contributed by atoms with Crippen molar-refractivity contribution in [2.45, 2.75) is 32.8 Å². The molecule has 118 valence electrons. The van der Waals surface area contributed by atoms with Gasteiger partial charge in [0.15, 0.2) is 0 Å². The SMILES string of the molecule is CC(C)(C)OC(=O)N1CC(Cc2cn3cc(Br)ccc3n2)C1. The van der Waals surface area contributed by atoms with Gasteiger partial charge in [0, 0.05) is 30.0 Å². The average molecular weight is 366 g/mol. The summed E-state index contributed by atoms with van der Waals surface area (Å²) in [6, 6.07) is 3.97. The number of carbonyl (C=O) groups is 1. The highest BCUT2D eigenvalue weighted by molar-refractivity contribution is 9.10. The van der Waals surface area contributed by atoms with E-state index in [9.17, 15) is 4.79 Å². The smallest absolute Gasteiger partial charge is 0.410 e. The lowest BCUT2D eigenvalue weighted by molar-refractivity contribution is -0.000990. The molecule has 22 heavy (non-hydrogen) atoms. The molecule has 1 amide bonds. The number of nitrogens with zero attached hydrogens (tertiary/aromatic N) is 3. The van der Waals surface area contributed by atoms with Gasteiger partial charge >= 0.3 is 6.09 Å². The number of aromatic nitrogens is 2. The van der Waals surface area contributed by atoms with Crippen LogP contribution in [0.15, 0.2) is 29.0 Å². The fourth-order valence-electron chi connectivity index (χ4n) is 2.59. The van der Waals surface area contributed by atoms with Gasteiger partial charge in [-0.05, 0) is 61.2 Å². The van der Waals surface area contributed by atoms with Crippen LogP contribution in [0.5, 0.6) is 0 Å². The summed E-state index contributed by atoms with van der Waals surface area (Å²) in [5.41, 5.74) is 1.57. The van der Waals surface area contributed by atoms with Gasteiger partial charge in [0.1, 0.15) is 11.2 Å². The molecule has 0 aromatic carbocycles. The number of pyridine rings is 1. The Kier molecular flexibility index (Phi) is 3.89. The summed E-state index contributed by atoms with van der Waals surface area (Å²) in [5.74, 6) is 0.459. The third kappa shape index (κ3) is 3.43. The number of hydrogen-bond donors (Lipinski definition) is 0. The summed E-state index contributed by atoms with van der Waals surface area (Å²) in [7, 11) is 0. The van der Waals surface area contributed by atoms with E-state index >= 15 is 0 Å². The Morgan fingerprint density at radius 2 is 2.09 bits per heavy atom. The highest BCUT2D eigenvalue weighted by Crippen LogP contribution is 2.23. The van der Waals surface area contributed by atoms with Gasteiger partial charge in [-0.3, -0.25) is 0 Å². The Labute approximate surface area is 138 Å². The fourth-order valence-corrected chi connectivity index (χ4v) is 2.94. The zero-order chi connectivity index (χ0) is 15.9. The van der Waals surface area contributed by atoms with Crippen LogP contribution >= 0.6 is 15.9 Å². The van der Waals surface area contributed by atoms with Crippen molar-refractivity contribution in [2.75, 3.05) is 13.1 Å². The first-order valence-corrected chi connectivity index (χ1v) is 8.20. The van der Waals surface area contributed by atoms with Gasteiger partial charge in [-0.2, -0.15) is 0 Å². The first-order chi connectivity index (χ1) is 10.3. The van der Waals surface area contributed by atoms with Crippen molar-refractivity contribution in [3.05, 3.63) is 34.7 Å². The lowest BCUT2D eigenvalue weighted by atomic mass is 9.95. The minimum absolute atomic E-state index is 0.220. The molecule has 0 saturated carbocycles. The van der Waals surface area contributed by atoms with E-state index in [0.29, 0.717) is 5.92 Å². The Balaban J connectivity index is 1.56. The molecular weight excluding hydrogens is 346 g/mol. The Morgan fingerprint density at radius 1 is 1.36 bits per heavy atom. The largest absolute Gasteiger partial charge is 0.444 e. The number of imidazole rings is 1. The van der Waals surface area contributed by atoms with Crippen LogP contribution in [0.25, 0.3) is 5.65 Å². The molecule has 3 rings (SSSR count). The second-order valence-electron chi connectivity index (χ2n) is 6.80. The third-order valence-electron chi connectivity index (χ3n) is 3.57. The normalized spacial score (nSPS) is 15.9. The van der Waals surface area contributed by atoms with Crippen LogP contribution in [0, 0.1) is 5.92 Å². The summed E-state index contributed by atoms with van der Waals surface area (Å²) in [6.07, 6.45) is 4.72. The number of halogens is 1. The molecule has 0 radical (unpaired) electrons. The van der Waals surface area contributed by atoms with Crippen LogP contribution < -0.4 is 0 Å². The summed E-state index contributed by atoms with van der Waals surface area (Å²) in [6.45, 7) is 7.14. The van der Waals surface area contributed by atoms with Crippen molar-refractivity contribution in [1.82, 2.24) is 14.3 Å². The molecule has 0 atom stereocenters. The first kappa shape index (κ1) is 15.3. The number of carbonyl (C=O) groups excluding carboxylic acids is 1. The Hall–Kier alpha value is -1.56. The molecule has 6 heteroatoms. The highest BCUT2D eigenvalue weighted by atomic mass is 79.9. The highest BCUT2D eigenvalue weighted by Gasteiger charge is 2.33. The molecule has 1 saturated heterocycles. The molecule has 0 N–H and O–H groups in total. The molecule has 0 unspecified atom stereocenters. The number of fused-ring (bicyclic) bond motifs is 1. The van der Waals surface area contributed by atoms with Crippen molar-refractivity contribution < 1.29 is 9.53 Å². The van der Waals surface area contributed by atoms with Crippen LogP contribution in [-0.2, 0) is 11.2 Å². The molecule has 1 aliphatic heterocycles.